The van der Waals surface area contributed by atoms with Gasteiger partial charge < -0.3 is 9.64 Å². The summed E-state index contributed by atoms with van der Waals surface area (Å²) in [4.78, 5) is 13.9. The monoisotopic (exact) mass is 245 g/mol. The number of carbonyl (C=O) groups is 1. The quantitative estimate of drug-likeness (QED) is 0.606. The van der Waals surface area contributed by atoms with E-state index in [0.29, 0.717) is 0 Å². The van der Waals surface area contributed by atoms with E-state index in [4.69, 9.17) is 4.74 Å². The predicted octanol–water partition coefficient (Wildman–Crippen LogP) is 2.73. The van der Waals surface area contributed by atoms with E-state index < -0.39 is 0 Å². The molecule has 0 aromatic heterocycles. The lowest BCUT2D eigenvalue weighted by Crippen LogP contribution is -2.20. The van der Waals surface area contributed by atoms with Crippen molar-refractivity contribution in [3.63, 3.8) is 0 Å². The van der Waals surface area contributed by atoms with Crippen molar-refractivity contribution in [2.45, 2.75) is 26.3 Å². The van der Waals surface area contributed by atoms with Gasteiger partial charge in [0.25, 0.3) is 0 Å². The minimum absolute atomic E-state index is 0.218. The fourth-order valence-electron chi connectivity index (χ4n) is 2.40. The molecule has 1 saturated heterocycles. The van der Waals surface area contributed by atoms with Gasteiger partial charge in [-0.05, 0) is 25.3 Å². The van der Waals surface area contributed by atoms with Gasteiger partial charge in [0.1, 0.15) is 0 Å². The maximum Gasteiger partial charge on any atom is 0.335 e. The summed E-state index contributed by atoms with van der Waals surface area (Å²) in [5, 5.41) is 0. The van der Waals surface area contributed by atoms with Crippen LogP contribution in [0, 0.1) is 0 Å². The average Bonchev–Trinajstić information content (AvgIpc) is 2.86. The Morgan fingerprint density at radius 2 is 2.06 bits per heavy atom. The zero-order valence-corrected chi connectivity index (χ0v) is 11.0. The number of ether oxygens (including phenoxy) is 1. The van der Waals surface area contributed by atoms with Crippen molar-refractivity contribution in [1.82, 2.24) is 4.90 Å². The minimum atomic E-state index is -0.218. The first-order valence-electron chi connectivity index (χ1n) is 6.29. The molecule has 96 valence electrons. The maximum atomic E-state index is 11.6. The number of esters is 1. The molecule has 0 amide bonds. The average molecular weight is 245 g/mol. The van der Waals surface area contributed by atoms with E-state index in [-0.39, 0.29) is 5.97 Å². The molecule has 1 aromatic carbocycles. The fourth-order valence-corrected chi connectivity index (χ4v) is 2.40. The summed E-state index contributed by atoms with van der Waals surface area (Å²) in [5.74, 6) is -0.218. The van der Waals surface area contributed by atoms with Crippen molar-refractivity contribution in [3.8, 4) is 0 Å². The van der Waals surface area contributed by atoms with Gasteiger partial charge in [-0.15, -0.1) is 0 Å². The molecule has 0 bridgehead atoms. The van der Waals surface area contributed by atoms with Gasteiger partial charge >= 0.3 is 5.97 Å². The second-order valence-electron chi connectivity index (χ2n) is 4.57. The third-order valence-electron chi connectivity index (χ3n) is 3.36. The van der Waals surface area contributed by atoms with E-state index in [9.17, 15) is 4.79 Å². The second kappa shape index (κ2) is 5.71. The SMILES string of the molecule is COC(=O)/C(C)=C1\CCCN1Cc1ccccc1. The van der Waals surface area contributed by atoms with Crippen molar-refractivity contribution in [2.24, 2.45) is 0 Å². The summed E-state index contributed by atoms with van der Waals surface area (Å²) in [6.45, 7) is 3.73. The molecule has 3 nitrogen and oxygen atoms in total. The molecule has 2 rings (SSSR count). The molecule has 1 aliphatic rings. The highest BCUT2D eigenvalue weighted by Crippen LogP contribution is 2.26. The number of hydrogen-bond donors (Lipinski definition) is 0. The molecular weight excluding hydrogens is 226 g/mol. The summed E-state index contributed by atoms with van der Waals surface area (Å²) >= 11 is 0. The molecule has 1 aromatic rings. The minimum Gasteiger partial charge on any atom is -0.466 e. The van der Waals surface area contributed by atoms with Crippen molar-refractivity contribution < 1.29 is 9.53 Å². The van der Waals surface area contributed by atoms with Crippen LogP contribution in [0.5, 0.6) is 0 Å². The third kappa shape index (κ3) is 2.73. The van der Waals surface area contributed by atoms with Crippen LogP contribution in [0.25, 0.3) is 0 Å². The van der Waals surface area contributed by atoms with Gasteiger partial charge in [0.05, 0.1) is 12.7 Å². The standard InChI is InChI=1S/C15H19NO2/c1-12(15(17)18-2)14-9-6-10-16(14)11-13-7-4-3-5-8-13/h3-5,7-8H,6,9-11H2,1-2H3/b14-12+. The number of likely N-dealkylation sites (tertiary alicyclic amines) is 1. The van der Waals surface area contributed by atoms with Crippen LogP contribution in [0.15, 0.2) is 41.6 Å². The van der Waals surface area contributed by atoms with E-state index in [2.05, 4.69) is 17.0 Å². The number of nitrogens with zero attached hydrogens (tertiary/aromatic N) is 1. The Labute approximate surface area is 108 Å². The fraction of sp³-hybridized carbons (Fsp3) is 0.400. The van der Waals surface area contributed by atoms with E-state index >= 15 is 0 Å². The first-order chi connectivity index (χ1) is 8.72. The Morgan fingerprint density at radius 3 is 2.72 bits per heavy atom. The Hall–Kier alpha value is -1.77. The Balaban J connectivity index is 2.15. The van der Waals surface area contributed by atoms with Crippen LogP contribution < -0.4 is 0 Å². The summed E-state index contributed by atoms with van der Waals surface area (Å²) < 4.78 is 4.80. The normalized spacial score (nSPS) is 17.8. The van der Waals surface area contributed by atoms with Crippen molar-refractivity contribution >= 4 is 5.97 Å². The number of allylic oxidation sites excluding steroid dienone is 1. The van der Waals surface area contributed by atoms with Crippen LogP contribution in [0.2, 0.25) is 0 Å². The molecule has 3 heteroatoms. The van der Waals surface area contributed by atoms with Crippen LogP contribution in [-0.4, -0.2) is 24.5 Å². The zero-order valence-electron chi connectivity index (χ0n) is 11.0. The number of methoxy groups -OCH3 is 1. The summed E-state index contributed by atoms with van der Waals surface area (Å²) in [6, 6.07) is 10.3. The van der Waals surface area contributed by atoms with Gasteiger partial charge in [-0.2, -0.15) is 0 Å². The number of hydrogen-bond acceptors (Lipinski definition) is 3. The van der Waals surface area contributed by atoms with E-state index in [0.717, 1.165) is 37.2 Å². The lowest BCUT2D eigenvalue weighted by molar-refractivity contribution is -0.136. The first-order valence-corrected chi connectivity index (χ1v) is 6.29. The molecule has 0 radical (unpaired) electrons. The van der Waals surface area contributed by atoms with Gasteiger partial charge in [0.2, 0.25) is 0 Å². The molecule has 0 aliphatic carbocycles. The number of benzene rings is 1. The van der Waals surface area contributed by atoms with Crippen LogP contribution in [0.3, 0.4) is 0 Å². The smallest absolute Gasteiger partial charge is 0.335 e. The van der Waals surface area contributed by atoms with Gasteiger partial charge in [-0.1, -0.05) is 30.3 Å². The van der Waals surface area contributed by atoms with E-state index in [1.54, 1.807) is 0 Å². The van der Waals surface area contributed by atoms with E-state index in [1.165, 1.54) is 12.7 Å². The lowest BCUT2D eigenvalue weighted by atomic mass is 10.1. The van der Waals surface area contributed by atoms with Gasteiger partial charge in [-0.25, -0.2) is 4.79 Å². The molecule has 1 aliphatic heterocycles. The lowest BCUT2D eigenvalue weighted by Gasteiger charge is -2.21. The summed E-state index contributed by atoms with van der Waals surface area (Å²) in [5.41, 5.74) is 3.14. The molecule has 1 heterocycles. The molecule has 0 unspecified atom stereocenters. The molecule has 18 heavy (non-hydrogen) atoms. The molecule has 0 spiro atoms. The maximum absolute atomic E-state index is 11.6. The summed E-state index contributed by atoms with van der Waals surface area (Å²) in [6.07, 6.45) is 2.07. The van der Waals surface area contributed by atoms with Gasteiger partial charge in [-0.3, -0.25) is 0 Å². The van der Waals surface area contributed by atoms with Crippen molar-refractivity contribution in [1.29, 1.82) is 0 Å². The molecular formula is C15H19NO2. The highest BCUT2D eigenvalue weighted by atomic mass is 16.5. The molecule has 0 saturated carbocycles. The molecule has 1 fully saturated rings. The first kappa shape index (κ1) is 12.7. The van der Waals surface area contributed by atoms with Crippen LogP contribution >= 0.6 is 0 Å². The Morgan fingerprint density at radius 1 is 1.33 bits per heavy atom. The number of carbonyl (C=O) groups excluding carboxylic acids is 1. The molecule has 0 N–H and O–H groups in total. The largest absolute Gasteiger partial charge is 0.466 e. The molecule has 0 atom stereocenters. The third-order valence-corrected chi connectivity index (χ3v) is 3.36. The van der Waals surface area contributed by atoms with Gasteiger partial charge in [0, 0.05) is 18.8 Å². The predicted molar refractivity (Wildman–Crippen MR) is 70.8 cm³/mol. The highest BCUT2D eigenvalue weighted by molar-refractivity contribution is 5.88. The van der Waals surface area contributed by atoms with Crippen molar-refractivity contribution in [2.75, 3.05) is 13.7 Å². The van der Waals surface area contributed by atoms with E-state index in [1.807, 2.05) is 25.1 Å². The van der Waals surface area contributed by atoms with Crippen molar-refractivity contribution in [3.05, 3.63) is 47.2 Å². The zero-order chi connectivity index (χ0) is 13.0. The Bertz CT molecular complexity index is 451. The number of rotatable bonds is 3. The topological polar surface area (TPSA) is 29.5 Å². The Kier molecular flexibility index (Phi) is 4.03. The van der Waals surface area contributed by atoms with Gasteiger partial charge in [0.15, 0.2) is 0 Å². The summed E-state index contributed by atoms with van der Waals surface area (Å²) in [7, 11) is 1.43. The van der Waals surface area contributed by atoms with Crippen LogP contribution in [0.4, 0.5) is 0 Å². The second-order valence-corrected chi connectivity index (χ2v) is 4.57. The highest BCUT2D eigenvalue weighted by Gasteiger charge is 2.22. The van der Waals surface area contributed by atoms with Crippen LogP contribution in [-0.2, 0) is 16.1 Å². The van der Waals surface area contributed by atoms with Crippen LogP contribution in [0.1, 0.15) is 25.3 Å².